The standard InChI is InChI=1S/C11H22N4/c1-10(2)5-4-7-12-8-6-11-14-13-9-15(11)3/h9-10,12H,4-8H2,1-3H3. The van der Waals surface area contributed by atoms with Gasteiger partial charge in [0.05, 0.1) is 0 Å². The highest BCUT2D eigenvalue weighted by molar-refractivity contribution is 4.84. The van der Waals surface area contributed by atoms with E-state index in [1.54, 1.807) is 6.33 Å². The summed E-state index contributed by atoms with van der Waals surface area (Å²) in [5.41, 5.74) is 0. The lowest BCUT2D eigenvalue weighted by molar-refractivity contribution is 0.526. The van der Waals surface area contributed by atoms with Crippen LogP contribution in [0.4, 0.5) is 0 Å². The zero-order valence-electron chi connectivity index (χ0n) is 10.0. The molecule has 4 nitrogen and oxygen atoms in total. The van der Waals surface area contributed by atoms with Crippen LogP contribution in [0.2, 0.25) is 0 Å². The number of rotatable bonds is 7. The van der Waals surface area contributed by atoms with Gasteiger partial charge in [-0.15, -0.1) is 10.2 Å². The lowest BCUT2D eigenvalue weighted by Gasteiger charge is -2.06. The third-order valence-corrected chi connectivity index (χ3v) is 2.47. The number of aryl methyl sites for hydroxylation is 1. The Kier molecular flexibility index (Phi) is 5.32. The van der Waals surface area contributed by atoms with E-state index in [9.17, 15) is 0 Å². The highest BCUT2D eigenvalue weighted by Gasteiger charge is 1.99. The SMILES string of the molecule is CC(C)CCCNCCc1nncn1C. The van der Waals surface area contributed by atoms with Crippen LogP contribution in [0.5, 0.6) is 0 Å². The van der Waals surface area contributed by atoms with Gasteiger partial charge in [-0.1, -0.05) is 13.8 Å². The highest BCUT2D eigenvalue weighted by Crippen LogP contribution is 2.01. The van der Waals surface area contributed by atoms with Crippen LogP contribution in [0.25, 0.3) is 0 Å². The van der Waals surface area contributed by atoms with Crippen molar-refractivity contribution in [2.24, 2.45) is 13.0 Å². The minimum atomic E-state index is 0.811. The second-order valence-corrected chi connectivity index (χ2v) is 4.39. The van der Waals surface area contributed by atoms with Crippen LogP contribution in [0.15, 0.2) is 6.33 Å². The first-order valence-electron chi connectivity index (χ1n) is 5.73. The number of aromatic nitrogens is 3. The summed E-state index contributed by atoms with van der Waals surface area (Å²) < 4.78 is 1.97. The fraction of sp³-hybridized carbons (Fsp3) is 0.818. The summed E-state index contributed by atoms with van der Waals surface area (Å²) in [4.78, 5) is 0. The number of nitrogens with one attached hydrogen (secondary N) is 1. The van der Waals surface area contributed by atoms with E-state index in [1.165, 1.54) is 12.8 Å². The fourth-order valence-corrected chi connectivity index (χ4v) is 1.49. The topological polar surface area (TPSA) is 42.7 Å². The Hall–Kier alpha value is -0.900. The van der Waals surface area contributed by atoms with E-state index in [-0.39, 0.29) is 0 Å². The fourth-order valence-electron chi connectivity index (χ4n) is 1.49. The average Bonchev–Trinajstić information content (AvgIpc) is 2.57. The molecule has 0 atom stereocenters. The molecule has 0 aliphatic carbocycles. The van der Waals surface area contributed by atoms with Gasteiger partial charge in [-0.3, -0.25) is 0 Å². The van der Waals surface area contributed by atoms with Crippen LogP contribution in [-0.4, -0.2) is 27.9 Å². The molecular formula is C11H22N4. The summed E-state index contributed by atoms with van der Waals surface area (Å²) in [6.07, 6.45) is 5.26. The third kappa shape index (κ3) is 4.93. The molecule has 0 aliphatic heterocycles. The molecule has 0 unspecified atom stereocenters. The number of hydrogen-bond donors (Lipinski definition) is 1. The van der Waals surface area contributed by atoms with Gasteiger partial charge in [0.25, 0.3) is 0 Å². The molecule has 0 aliphatic rings. The molecule has 0 bridgehead atoms. The molecule has 0 aromatic carbocycles. The summed E-state index contributed by atoms with van der Waals surface area (Å²) in [5, 5.41) is 11.3. The molecule has 1 heterocycles. The molecule has 15 heavy (non-hydrogen) atoms. The van der Waals surface area contributed by atoms with Crippen molar-refractivity contribution in [3.05, 3.63) is 12.2 Å². The maximum absolute atomic E-state index is 4.03. The lowest BCUT2D eigenvalue weighted by Crippen LogP contribution is -2.20. The lowest BCUT2D eigenvalue weighted by atomic mass is 10.1. The summed E-state index contributed by atoms with van der Waals surface area (Å²) in [6.45, 7) is 6.62. The smallest absolute Gasteiger partial charge is 0.133 e. The van der Waals surface area contributed by atoms with E-state index < -0.39 is 0 Å². The van der Waals surface area contributed by atoms with Crippen molar-refractivity contribution in [2.75, 3.05) is 13.1 Å². The normalized spacial score (nSPS) is 11.2. The van der Waals surface area contributed by atoms with E-state index in [1.807, 2.05) is 11.6 Å². The zero-order valence-corrected chi connectivity index (χ0v) is 10.0. The van der Waals surface area contributed by atoms with Gasteiger partial charge in [0.2, 0.25) is 0 Å². The highest BCUT2D eigenvalue weighted by atomic mass is 15.2. The monoisotopic (exact) mass is 210 g/mol. The van der Waals surface area contributed by atoms with Crippen LogP contribution >= 0.6 is 0 Å². The molecule has 1 rings (SSSR count). The van der Waals surface area contributed by atoms with Crippen molar-refractivity contribution >= 4 is 0 Å². The van der Waals surface area contributed by atoms with Gasteiger partial charge < -0.3 is 9.88 Å². The quantitative estimate of drug-likeness (QED) is 0.691. The zero-order chi connectivity index (χ0) is 11.1. The molecule has 0 saturated carbocycles. The van der Waals surface area contributed by atoms with Crippen molar-refractivity contribution in [3.63, 3.8) is 0 Å². The van der Waals surface area contributed by atoms with Crippen LogP contribution in [-0.2, 0) is 13.5 Å². The maximum Gasteiger partial charge on any atom is 0.133 e. The van der Waals surface area contributed by atoms with Gasteiger partial charge >= 0.3 is 0 Å². The largest absolute Gasteiger partial charge is 0.321 e. The first kappa shape index (κ1) is 12.2. The van der Waals surface area contributed by atoms with Crippen LogP contribution in [0.1, 0.15) is 32.5 Å². The van der Waals surface area contributed by atoms with Crippen molar-refractivity contribution in [1.29, 1.82) is 0 Å². The molecule has 0 amide bonds. The summed E-state index contributed by atoms with van der Waals surface area (Å²) in [5.74, 6) is 1.86. The molecule has 0 spiro atoms. The van der Waals surface area contributed by atoms with Gasteiger partial charge in [-0.05, 0) is 25.3 Å². The van der Waals surface area contributed by atoms with E-state index in [0.29, 0.717) is 0 Å². The molecule has 1 aromatic rings. The summed E-state index contributed by atoms with van der Waals surface area (Å²) in [7, 11) is 1.98. The van der Waals surface area contributed by atoms with E-state index in [2.05, 4.69) is 29.4 Å². The minimum Gasteiger partial charge on any atom is -0.321 e. The molecule has 86 valence electrons. The molecule has 1 N–H and O–H groups in total. The molecule has 0 saturated heterocycles. The Bertz CT molecular complexity index is 267. The Labute approximate surface area is 92.1 Å². The van der Waals surface area contributed by atoms with Gasteiger partial charge in [0.15, 0.2) is 0 Å². The van der Waals surface area contributed by atoms with E-state index in [0.717, 1.165) is 31.3 Å². The molecule has 4 heteroatoms. The van der Waals surface area contributed by atoms with Crippen molar-refractivity contribution < 1.29 is 0 Å². The van der Waals surface area contributed by atoms with Gasteiger partial charge in [0.1, 0.15) is 12.2 Å². The number of nitrogens with zero attached hydrogens (tertiary/aromatic N) is 3. The maximum atomic E-state index is 4.03. The van der Waals surface area contributed by atoms with Crippen LogP contribution < -0.4 is 5.32 Å². The van der Waals surface area contributed by atoms with Gasteiger partial charge in [-0.2, -0.15) is 0 Å². The Morgan fingerprint density at radius 2 is 2.20 bits per heavy atom. The first-order valence-corrected chi connectivity index (χ1v) is 5.73. The first-order chi connectivity index (χ1) is 7.20. The predicted octanol–water partition coefficient (Wildman–Crippen LogP) is 1.38. The van der Waals surface area contributed by atoms with Crippen molar-refractivity contribution in [3.8, 4) is 0 Å². The molecular weight excluding hydrogens is 188 g/mol. The second-order valence-electron chi connectivity index (χ2n) is 4.39. The Morgan fingerprint density at radius 1 is 1.40 bits per heavy atom. The minimum absolute atomic E-state index is 0.811. The van der Waals surface area contributed by atoms with Crippen molar-refractivity contribution in [2.45, 2.75) is 33.1 Å². The molecule has 0 fully saturated rings. The summed E-state index contributed by atoms with van der Waals surface area (Å²) in [6, 6.07) is 0. The third-order valence-electron chi connectivity index (χ3n) is 2.47. The molecule has 1 aromatic heterocycles. The van der Waals surface area contributed by atoms with Gasteiger partial charge in [0, 0.05) is 20.0 Å². The average molecular weight is 210 g/mol. The van der Waals surface area contributed by atoms with Crippen molar-refractivity contribution in [1.82, 2.24) is 20.1 Å². The predicted molar refractivity (Wildman–Crippen MR) is 61.6 cm³/mol. The number of hydrogen-bond acceptors (Lipinski definition) is 3. The van der Waals surface area contributed by atoms with Crippen LogP contribution in [0, 0.1) is 5.92 Å². The molecule has 0 radical (unpaired) electrons. The van der Waals surface area contributed by atoms with Gasteiger partial charge in [-0.25, -0.2) is 0 Å². The van der Waals surface area contributed by atoms with Crippen LogP contribution in [0.3, 0.4) is 0 Å². The van der Waals surface area contributed by atoms with E-state index in [4.69, 9.17) is 0 Å². The second kappa shape index (κ2) is 6.56. The Balaban J connectivity index is 2.00. The summed E-state index contributed by atoms with van der Waals surface area (Å²) >= 11 is 0. The Morgan fingerprint density at radius 3 is 2.80 bits per heavy atom. The van der Waals surface area contributed by atoms with E-state index >= 15 is 0 Å².